The number of imide groups is 1. The second-order valence-corrected chi connectivity index (χ2v) is 8.26. The molecule has 0 unspecified atom stereocenters. The molecule has 8 nitrogen and oxygen atoms in total. The maximum absolute atomic E-state index is 12.1. The molecule has 0 saturated carbocycles. The summed E-state index contributed by atoms with van der Waals surface area (Å²) in [6.45, 7) is -3.74. The SMILES string of the molecule is CS(=O)(=O)Cc1ccc(C(=O)OCC(=O)NC(=O)c2ccc(OC(F)F)cc2)cc1. The van der Waals surface area contributed by atoms with Gasteiger partial charge in [0, 0.05) is 11.8 Å². The van der Waals surface area contributed by atoms with Crippen molar-refractivity contribution in [3.63, 3.8) is 0 Å². The van der Waals surface area contributed by atoms with E-state index in [-0.39, 0.29) is 22.6 Å². The molecule has 0 saturated heterocycles. The molecule has 0 fully saturated rings. The Balaban J connectivity index is 1.84. The molecule has 0 bridgehead atoms. The predicted molar refractivity (Wildman–Crippen MR) is 101 cm³/mol. The van der Waals surface area contributed by atoms with Crippen LogP contribution in [0.4, 0.5) is 8.78 Å². The number of carbonyl (C=O) groups is 3. The molecule has 2 aromatic carbocycles. The molecule has 0 heterocycles. The Labute approximate surface area is 170 Å². The number of rotatable bonds is 8. The maximum atomic E-state index is 12.1. The molecule has 1 N–H and O–H groups in total. The third kappa shape index (κ3) is 7.59. The number of halogens is 2. The number of carbonyl (C=O) groups excluding carboxylic acids is 3. The van der Waals surface area contributed by atoms with E-state index in [0.29, 0.717) is 5.56 Å². The first-order valence-electron chi connectivity index (χ1n) is 8.36. The maximum Gasteiger partial charge on any atom is 0.387 e. The van der Waals surface area contributed by atoms with Crippen LogP contribution in [0.15, 0.2) is 48.5 Å². The highest BCUT2D eigenvalue weighted by molar-refractivity contribution is 7.89. The second-order valence-electron chi connectivity index (χ2n) is 6.12. The zero-order valence-electron chi connectivity index (χ0n) is 15.6. The summed E-state index contributed by atoms with van der Waals surface area (Å²) in [6, 6.07) is 10.3. The zero-order chi connectivity index (χ0) is 22.3. The molecular formula is C19H17F2NO7S. The van der Waals surface area contributed by atoms with Gasteiger partial charge in [-0.2, -0.15) is 8.78 Å². The van der Waals surface area contributed by atoms with Gasteiger partial charge in [0.15, 0.2) is 16.4 Å². The van der Waals surface area contributed by atoms with Gasteiger partial charge in [0.1, 0.15) is 5.75 Å². The summed E-state index contributed by atoms with van der Waals surface area (Å²) in [7, 11) is -3.22. The summed E-state index contributed by atoms with van der Waals surface area (Å²) in [5.74, 6) is -2.87. The number of benzene rings is 2. The van der Waals surface area contributed by atoms with E-state index < -0.39 is 40.8 Å². The lowest BCUT2D eigenvalue weighted by atomic mass is 10.1. The van der Waals surface area contributed by atoms with Gasteiger partial charge in [-0.25, -0.2) is 13.2 Å². The monoisotopic (exact) mass is 441 g/mol. The molecule has 2 rings (SSSR count). The van der Waals surface area contributed by atoms with Gasteiger partial charge in [0.2, 0.25) is 0 Å². The molecule has 11 heteroatoms. The molecule has 160 valence electrons. The van der Waals surface area contributed by atoms with Gasteiger partial charge in [-0.15, -0.1) is 0 Å². The van der Waals surface area contributed by atoms with E-state index in [1.54, 1.807) is 0 Å². The third-order valence-electron chi connectivity index (χ3n) is 3.55. The summed E-state index contributed by atoms with van der Waals surface area (Å²) in [4.78, 5) is 35.7. The normalized spacial score (nSPS) is 11.1. The van der Waals surface area contributed by atoms with Crippen LogP contribution in [0.2, 0.25) is 0 Å². The quantitative estimate of drug-likeness (QED) is 0.623. The van der Waals surface area contributed by atoms with Crippen molar-refractivity contribution in [3.8, 4) is 5.75 Å². The average Bonchev–Trinajstić information content (AvgIpc) is 2.65. The first kappa shape index (κ1) is 22.9. The highest BCUT2D eigenvalue weighted by Gasteiger charge is 2.15. The smallest absolute Gasteiger partial charge is 0.387 e. The van der Waals surface area contributed by atoms with Crippen LogP contribution in [0.5, 0.6) is 5.75 Å². The lowest BCUT2D eigenvalue weighted by Crippen LogP contribution is -2.34. The molecule has 0 aliphatic rings. The van der Waals surface area contributed by atoms with Crippen molar-refractivity contribution in [3.05, 3.63) is 65.2 Å². The number of alkyl halides is 2. The summed E-state index contributed by atoms with van der Waals surface area (Å²) in [5.41, 5.74) is 0.598. The lowest BCUT2D eigenvalue weighted by molar-refractivity contribution is -0.123. The van der Waals surface area contributed by atoms with Gasteiger partial charge in [0.05, 0.1) is 11.3 Å². The molecule has 0 aromatic heterocycles. The number of hydrogen-bond donors (Lipinski definition) is 1. The van der Waals surface area contributed by atoms with Crippen molar-refractivity contribution < 1.29 is 41.1 Å². The average molecular weight is 441 g/mol. The molecule has 0 radical (unpaired) electrons. The standard InChI is InChI=1S/C19H17F2NO7S/c1-30(26,27)11-12-2-4-14(5-3-12)18(25)28-10-16(23)22-17(24)13-6-8-15(9-7-13)29-19(20)21/h2-9,19H,10-11H2,1H3,(H,22,23,24). The Bertz CT molecular complexity index is 1020. The van der Waals surface area contributed by atoms with Gasteiger partial charge in [-0.3, -0.25) is 14.9 Å². The van der Waals surface area contributed by atoms with Crippen molar-refractivity contribution in [2.75, 3.05) is 12.9 Å². The van der Waals surface area contributed by atoms with E-state index in [9.17, 15) is 31.6 Å². The summed E-state index contributed by atoms with van der Waals surface area (Å²) in [5, 5.41) is 1.99. The zero-order valence-corrected chi connectivity index (χ0v) is 16.4. The van der Waals surface area contributed by atoms with E-state index in [2.05, 4.69) is 4.74 Å². The fourth-order valence-electron chi connectivity index (χ4n) is 2.28. The van der Waals surface area contributed by atoms with Crippen molar-refractivity contribution in [2.24, 2.45) is 0 Å². The van der Waals surface area contributed by atoms with E-state index >= 15 is 0 Å². The Morgan fingerprint density at radius 1 is 0.967 bits per heavy atom. The second kappa shape index (κ2) is 9.92. The Kier molecular flexibility index (Phi) is 7.59. The number of ether oxygens (including phenoxy) is 2. The third-order valence-corrected chi connectivity index (χ3v) is 4.41. The minimum atomic E-state index is -3.22. The van der Waals surface area contributed by atoms with Gasteiger partial charge in [-0.05, 0) is 42.0 Å². The van der Waals surface area contributed by atoms with Gasteiger partial charge < -0.3 is 9.47 Å². The predicted octanol–water partition coefficient (Wildman–Crippen LogP) is 1.95. The fourth-order valence-corrected chi connectivity index (χ4v) is 3.07. The van der Waals surface area contributed by atoms with Crippen LogP contribution in [-0.2, 0) is 25.1 Å². The van der Waals surface area contributed by atoms with Gasteiger partial charge in [0.25, 0.3) is 11.8 Å². The van der Waals surface area contributed by atoms with Crippen LogP contribution in [-0.4, -0.2) is 45.7 Å². The molecule has 0 spiro atoms. The van der Waals surface area contributed by atoms with Crippen LogP contribution >= 0.6 is 0 Å². The van der Waals surface area contributed by atoms with Crippen LogP contribution < -0.4 is 10.1 Å². The molecule has 0 aliphatic heterocycles. The molecule has 2 aromatic rings. The van der Waals surface area contributed by atoms with Gasteiger partial charge >= 0.3 is 12.6 Å². The van der Waals surface area contributed by atoms with E-state index in [0.717, 1.165) is 18.4 Å². The summed E-state index contributed by atoms with van der Waals surface area (Å²) >= 11 is 0. The Hall–Kier alpha value is -3.34. The highest BCUT2D eigenvalue weighted by Crippen LogP contribution is 2.15. The van der Waals surface area contributed by atoms with E-state index in [1.165, 1.54) is 36.4 Å². The highest BCUT2D eigenvalue weighted by atomic mass is 32.2. The van der Waals surface area contributed by atoms with Gasteiger partial charge in [-0.1, -0.05) is 12.1 Å². The molecular weight excluding hydrogens is 424 g/mol. The number of hydrogen-bond acceptors (Lipinski definition) is 7. The summed E-state index contributed by atoms with van der Waals surface area (Å²) in [6.07, 6.45) is 1.08. The number of nitrogens with one attached hydrogen (secondary N) is 1. The number of esters is 1. The molecule has 30 heavy (non-hydrogen) atoms. The Morgan fingerprint density at radius 2 is 1.53 bits per heavy atom. The van der Waals surface area contributed by atoms with E-state index in [1.807, 2.05) is 5.32 Å². The van der Waals surface area contributed by atoms with Crippen molar-refractivity contribution in [2.45, 2.75) is 12.4 Å². The molecule has 2 amide bonds. The fraction of sp³-hybridized carbons (Fsp3) is 0.211. The van der Waals surface area contributed by atoms with Crippen LogP contribution in [0.25, 0.3) is 0 Å². The minimum absolute atomic E-state index is 0.0118. The number of amides is 2. The van der Waals surface area contributed by atoms with Crippen LogP contribution in [0.3, 0.4) is 0 Å². The van der Waals surface area contributed by atoms with Crippen molar-refractivity contribution in [1.82, 2.24) is 5.32 Å². The first-order chi connectivity index (χ1) is 14.0. The minimum Gasteiger partial charge on any atom is -0.452 e. The molecule has 0 atom stereocenters. The van der Waals surface area contributed by atoms with Crippen LogP contribution in [0, 0.1) is 0 Å². The Morgan fingerprint density at radius 3 is 2.07 bits per heavy atom. The summed E-state index contributed by atoms with van der Waals surface area (Å²) < 4.78 is 55.6. The van der Waals surface area contributed by atoms with E-state index in [4.69, 9.17) is 4.74 Å². The number of sulfone groups is 1. The van der Waals surface area contributed by atoms with Crippen molar-refractivity contribution in [1.29, 1.82) is 0 Å². The first-order valence-corrected chi connectivity index (χ1v) is 10.4. The van der Waals surface area contributed by atoms with Crippen molar-refractivity contribution >= 4 is 27.6 Å². The lowest BCUT2D eigenvalue weighted by Gasteiger charge is -2.08. The topological polar surface area (TPSA) is 116 Å². The largest absolute Gasteiger partial charge is 0.452 e. The van der Waals surface area contributed by atoms with Crippen LogP contribution in [0.1, 0.15) is 26.3 Å². The molecule has 0 aliphatic carbocycles.